The average molecular weight is 372 g/mol. The molecule has 26 heavy (non-hydrogen) atoms. The van der Waals surface area contributed by atoms with Gasteiger partial charge in [-0.25, -0.2) is 18.5 Å². The molecule has 0 aromatic carbocycles. The predicted octanol–water partition coefficient (Wildman–Crippen LogP) is 2.91. The normalized spacial score (nSPS) is 22.5. The van der Waals surface area contributed by atoms with Crippen LogP contribution in [0.15, 0.2) is 36.5 Å². The van der Waals surface area contributed by atoms with Gasteiger partial charge in [-0.15, -0.1) is 0 Å². The van der Waals surface area contributed by atoms with E-state index in [2.05, 4.69) is 32.8 Å². The first-order chi connectivity index (χ1) is 12.7. The van der Waals surface area contributed by atoms with E-state index in [9.17, 15) is 4.21 Å². The van der Waals surface area contributed by atoms with Crippen LogP contribution in [0.3, 0.4) is 0 Å². The maximum absolute atomic E-state index is 11.9. The van der Waals surface area contributed by atoms with Gasteiger partial charge in [0.15, 0.2) is 0 Å². The Morgan fingerprint density at radius 1 is 1.23 bits per heavy atom. The summed E-state index contributed by atoms with van der Waals surface area (Å²) in [5.74, 6) is 1.92. The molecule has 2 aliphatic heterocycles. The highest BCUT2D eigenvalue weighted by molar-refractivity contribution is 7.85. The minimum atomic E-state index is -1.09. The number of rotatable bonds is 5. The van der Waals surface area contributed by atoms with Crippen LogP contribution in [0.4, 0.5) is 11.6 Å². The van der Waals surface area contributed by atoms with E-state index in [1.807, 2.05) is 22.8 Å². The van der Waals surface area contributed by atoms with Gasteiger partial charge < -0.3 is 10.2 Å². The van der Waals surface area contributed by atoms with E-state index in [1.54, 1.807) is 0 Å². The lowest BCUT2D eigenvalue weighted by atomic mass is 10.1. The molecule has 0 aliphatic carbocycles. The quantitative estimate of drug-likeness (QED) is 0.876. The topological polar surface area (TPSA) is 61.4 Å². The maximum atomic E-state index is 11.9. The summed E-state index contributed by atoms with van der Waals surface area (Å²) in [4.78, 5) is 11.6. The van der Waals surface area contributed by atoms with Crippen molar-refractivity contribution in [3.05, 3.63) is 36.5 Å². The second-order valence-corrected chi connectivity index (χ2v) is 8.34. The van der Waals surface area contributed by atoms with Crippen LogP contribution < -0.4 is 10.2 Å². The molecule has 4 heterocycles. The van der Waals surface area contributed by atoms with Gasteiger partial charge in [0, 0.05) is 60.8 Å². The van der Waals surface area contributed by atoms with Crippen LogP contribution >= 0.6 is 0 Å². The molecule has 2 fully saturated rings. The number of hydrogen-bond donors (Lipinski definition) is 1. The van der Waals surface area contributed by atoms with Crippen LogP contribution in [0.1, 0.15) is 25.7 Å². The molecular weight excluding hydrogens is 346 g/mol. The molecule has 2 aliphatic rings. The third-order valence-corrected chi connectivity index (χ3v) is 6.31. The van der Waals surface area contributed by atoms with Crippen molar-refractivity contribution < 1.29 is 4.21 Å². The summed E-state index contributed by atoms with van der Waals surface area (Å²) in [6.07, 6.45) is 8.51. The molecule has 2 unspecified atom stereocenters. The average Bonchev–Trinajstić information content (AvgIpc) is 3.16. The molecule has 0 spiro atoms. The molecule has 2 saturated heterocycles. The molecule has 4 rings (SSSR count). The number of anilines is 2. The highest BCUT2D eigenvalue weighted by Gasteiger charge is 2.25. The first kappa shape index (κ1) is 17.4. The van der Waals surface area contributed by atoms with Gasteiger partial charge in [-0.05, 0) is 37.8 Å². The molecule has 0 radical (unpaired) electrons. The van der Waals surface area contributed by atoms with E-state index in [4.69, 9.17) is 0 Å². The molecule has 1 N–H and O–H groups in total. The number of piperidine rings is 1. The second-order valence-electron chi connectivity index (χ2n) is 6.93. The number of pyridine rings is 2. The van der Waals surface area contributed by atoms with Gasteiger partial charge in [0.1, 0.15) is 22.6 Å². The lowest BCUT2D eigenvalue weighted by molar-refractivity contribution is 0.537. The van der Waals surface area contributed by atoms with Crippen LogP contribution in [-0.4, -0.2) is 50.7 Å². The van der Waals surface area contributed by atoms with Crippen LogP contribution in [-0.2, 0) is 11.0 Å². The number of hydrogen-bond acceptors (Lipinski definition) is 5. The van der Waals surface area contributed by atoms with E-state index in [0.717, 1.165) is 55.0 Å². The molecule has 2 aromatic heterocycles. The van der Waals surface area contributed by atoms with Gasteiger partial charge >= 0.3 is 0 Å². The Balaban J connectivity index is 1.55. The lowest BCUT2D eigenvalue weighted by Crippen LogP contribution is -2.30. The predicted molar refractivity (Wildman–Crippen MR) is 108 cm³/mol. The molecule has 2 aromatic rings. The Bertz CT molecular complexity index is 821. The summed E-state index contributed by atoms with van der Waals surface area (Å²) in [6.45, 7) is 7.31. The molecular formula is C19H25N5OS. The van der Waals surface area contributed by atoms with Crippen LogP contribution in [0.5, 0.6) is 0 Å². The molecule has 0 bridgehead atoms. The van der Waals surface area contributed by atoms with E-state index >= 15 is 0 Å². The molecule has 7 heteroatoms. The zero-order chi connectivity index (χ0) is 17.9. The summed E-state index contributed by atoms with van der Waals surface area (Å²) >= 11 is 0. The zero-order valence-corrected chi connectivity index (χ0v) is 15.7. The van der Waals surface area contributed by atoms with Crippen molar-refractivity contribution in [2.75, 3.05) is 36.4 Å². The van der Waals surface area contributed by atoms with Gasteiger partial charge in [0.25, 0.3) is 0 Å². The van der Waals surface area contributed by atoms with Gasteiger partial charge in [-0.3, -0.25) is 0 Å². The van der Waals surface area contributed by atoms with Gasteiger partial charge in [-0.2, -0.15) is 0 Å². The largest absolute Gasteiger partial charge is 0.366 e. The van der Waals surface area contributed by atoms with Crippen LogP contribution in [0.25, 0.3) is 10.8 Å². The Morgan fingerprint density at radius 3 is 2.88 bits per heavy atom. The van der Waals surface area contributed by atoms with Crippen molar-refractivity contribution in [3.8, 4) is 0 Å². The second kappa shape index (κ2) is 7.72. The van der Waals surface area contributed by atoms with Crippen molar-refractivity contribution >= 4 is 33.4 Å². The van der Waals surface area contributed by atoms with E-state index in [0.29, 0.717) is 0 Å². The Labute approximate surface area is 156 Å². The van der Waals surface area contributed by atoms with Crippen LogP contribution in [0, 0.1) is 0 Å². The van der Waals surface area contributed by atoms with Crippen LogP contribution in [0.2, 0.25) is 0 Å². The fourth-order valence-electron chi connectivity index (χ4n) is 3.81. The minimum Gasteiger partial charge on any atom is -0.366 e. The molecule has 2 atom stereocenters. The standard InChI is InChI=1S/C19H25N5OS/c1-2-26(25)24-11-7-16(14-24)22-18-12-17-15(13-21-18)6-8-20-19(17)23-9-4-3-5-10-23/h2,6,8,12-13,16H,1,3-5,7,9-11,14H2,(H,21,22). The first-order valence-corrected chi connectivity index (χ1v) is 10.5. The maximum Gasteiger partial charge on any atom is 0.136 e. The fraction of sp³-hybridized carbons (Fsp3) is 0.474. The Kier molecular flexibility index (Phi) is 5.17. The van der Waals surface area contributed by atoms with E-state index < -0.39 is 11.0 Å². The molecule has 0 saturated carbocycles. The Hall–Kier alpha value is -1.99. The lowest BCUT2D eigenvalue weighted by Gasteiger charge is -2.28. The van der Waals surface area contributed by atoms with Crippen molar-refractivity contribution in [1.82, 2.24) is 14.3 Å². The number of nitrogens with zero attached hydrogens (tertiary/aromatic N) is 4. The first-order valence-electron chi connectivity index (χ1n) is 9.29. The number of aromatic nitrogens is 2. The summed E-state index contributed by atoms with van der Waals surface area (Å²) in [6, 6.07) is 4.38. The number of nitrogens with one attached hydrogen (secondary N) is 1. The van der Waals surface area contributed by atoms with Crippen molar-refractivity contribution in [2.45, 2.75) is 31.7 Å². The SMILES string of the molecule is C=CS(=O)N1CCC(Nc2cc3c(N4CCCCC4)nccc3cn2)C1. The van der Waals surface area contributed by atoms with E-state index in [-0.39, 0.29) is 6.04 Å². The monoisotopic (exact) mass is 371 g/mol. The smallest absolute Gasteiger partial charge is 0.136 e. The highest BCUT2D eigenvalue weighted by Crippen LogP contribution is 2.28. The van der Waals surface area contributed by atoms with Crippen molar-refractivity contribution in [3.63, 3.8) is 0 Å². The van der Waals surface area contributed by atoms with Gasteiger partial charge in [0.05, 0.1) is 0 Å². The minimum absolute atomic E-state index is 0.249. The highest BCUT2D eigenvalue weighted by atomic mass is 32.2. The fourth-order valence-corrected chi connectivity index (χ4v) is 4.63. The van der Waals surface area contributed by atoms with Gasteiger partial charge in [-0.1, -0.05) is 6.58 Å². The summed E-state index contributed by atoms with van der Waals surface area (Å²) < 4.78 is 13.8. The molecule has 6 nitrogen and oxygen atoms in total. The summed E-state index contributed by atoms with van der Waals surface area (Å²) in [7, 11) is -1.09. The van der Waals surface area contributed by atoms with Crippen molar-refractivity contribution in [1.29, 1.82) is 0 Å². The summed E-state index contributed by atoms with van der Waals surface area (Å²) in [5, 5.41) is 7.26. The zero-order valence-electron chi connectivity index (χ0n) is 14.9. The number of fused-ring (bicyclic) bond motifs is 1. The Morgan fingerprint density at radius 2 is 2.08 bits per heavy atom. The third-order valence-electron chi connectivity index (χ3n) is 5.18. The summed E-state index contributed by atoms with van der Waals surface area (Å²) in [5.41, 5.74) is 0. The molecule has 138 valence electrons. The van der Waals surface area contributed by atoms with Gasteiger partial charge in [0.2, 0.25) is 0 Å². The van der Waals surface area contributed by atoms with Crippen molar-refractivity contribution in [2.24, 2.45) is 0 Å². The van der Waals surface area contributed by atoms with E-state index in [1.165, 1.54) is 24.7 Å². The third kappa shape index (κ3) is 3.59. The molecule has 0 amide bonds.